The summed E-state index contributed by atoms with van der Waals surface area (Å²) in [7, 11) is 1.56. The first-order valence-corrected chi connectivity index (χ1v) is 10.7. The maximum Gasteiger partial charge on any atom is 0.266 e. The molecule has 1 N–H and O–H groups in total. The molecule has 3 aromatic rings. The van der Waals surface area contributed by atoms with Crippen molar-refractivity contribution in [2.24, 2.45) is 0 Å². The fraction of sp³-hybridized carbons (Fsp3) is 0.214. The van der Waals surface area contributed by atoms with Crippen molar-refractivity contribution >= 4 is 17.7 Å². The molecule has 0 aromatic heterocycles. The first kappa shape index (κ1) is 23.6. The van der Waals surface area contributed by atoms with E-state index in [2.05, 4.69) is 37.4 Å². The molecule has 0 radical (unpaired) electrons. The molecular formula is C28H28N2O3. The quantitative estimate of drug-likeness (QED) is 0.358. The van der Waals surface area contributed by atoms with Crippen LogP contribution in [-0.2, 0) is 11.4 Å². The molecule has 0 heterocycles. The molecule has 5 heteroatoms. The highest BCUT2D eigenvalue weighted by Crippen LogP contribution is 2.30. The number of carbonyl (C=O) groups is 1. The summed E-state index contributed by atoms with van der Waals surface area (Å²) in [5.74, 6) is 0.660. The molecule has 0 unspecified atom stereocenters. The van der Waals surface area contributed by atoms with E-state index in [0.29, 0.717) is 29.4 Å². The Morgan fingerprint density at radius 3 is 2.39 bits per heavy atom. The summed E-state index contributed by atoms with van der Waals surface area (Å²) in [5.41, 5.74) is 6.84. The van der Waals surface area contributed by atoms with Gasteiger partial charge in [0, 0.05) is 5.69 Å². The van der Waals surface area contributed by atoms with Crippen LogP contribution in [0.3, 0.4) is 0 Å². The van der Waals surface area contributed by atoms with Crippen molar-refractivity contribution in [3.63, 3.8) is 0 Å². The molecule has 0 spiro atoms. The van der Waals surface area contributed by atoms with Gasteiger partial charge in [-0.2, -0.15) is 5.26 Å². The highest BCUT2D eigenvalue weighted by atomic mass is 16.5. The van der Waals surface area contributed by atoms with Crippen LogP contribution in [0.2, 0.25) is 0 Å². The molecule has 0 bridgehead atoms. The molecule has 0 aliphatic rings. The fourth-order valence-corrected chi connectivity index (χ4v) is 3.60. The molecule has 0 saturated carbocycles. The maximum atomic E-state index is 12.7. The van der Waals surface area contributed by atoms with E-state index < -0.39 is 5.91 Å². The zero-order valence-corrected chi connectivity index (χ0v) is 19.7. The number of nitriles is 1. The lowest BCUT2D eigenvalue weighted by molar-refractivity contribution is -0.112. The van der Waals surface area contributed by atoms with Crippen LogP contribution in [0.15, 0.2) is 60.2 Å². The van der Waals surface area contributed by atoms with Crippen molar-refractivity contribution in [1.82, 2.24) is 0 Å². The third kappa shape index (κ3) is 6.02. The smallest absolute Gasteiger partial charge is 0.266 e. The Hall–Kier alpha value is -4.04. The molecule has 1 amide bonds. The highest BCUT2D eigenvalue weighted by Gasteiger charge is 2.13. The van der Waals surface area contributed by atoms with Gasteiger partial charge in [-0.3, -0.25) is 4.79 Å². The molecule has 0 atom stereocenters. The highest BCUT2D eigenvalue weighted by molar-refractivity contribution is 6.10. The normalized spacial score (nSPS) is 11.0. The summed E-state index contributed by atoms with van der Waals surface area (Å²) >= 11 is 0. The number of carbonyl (C=O) groups excluding carboxylic acids is 1. The standard InChI is InChI=1S/C28H28N2O3/c1-18-11-19(2)13-23(12-18)17-33-26-10-9-22(15-27(26)32-5)14-24(16-29)28(31)30-25-8-6-7-20(3)21(25)4/h6-15H,17H2,1-5H3,(H,30,31)/b24-14+. The van der Waals surface area contributed by atoms with Crippen LogP contribution in [0.5, 0.6) is 11.5 Å². The lowest BCUT2D eigenvalue weighted by Gasteiger charge is -2.13. The van der Waals surface area contributed by atoms with Gasteiger partial charge in [-0.1, -0.05) is 47.5 Å². The molecule has 0 fully saturated rings. The van der Waals surface area contributed by atoms with Crippen molar-refractivity contribution in [2.45, 2.75) is 34.3 Å². The van der Waals surface area contributed by atoms with Gasteiger partial charge in [-0.15, -0.1) is 0 Å². The maximum absolute atomic E-state index is 12.7. The van der Waals surface area contributed by atoms with Gasteiger partial charge in [0.25, 0.3) is 5.91 Å². The van der Waals surface area contributed by atoms with Crippen molar-refractivity contribution in [2.75, 3.05) is 12.4 Å². The number of rotatable bonds is 7. The van der Waals surface area contributed by atoms with Crippen LogP contribution < -0.4 is 14.8 Å². The minimum Gasteiger partial charge on any atom is -0.493 e. The molecule has 3 aromatic carbocycles. The van der Waals surface area contributed by atoms with Crippen LogP contribution >= 0.6 is 0 Å². The lowest BCUT2D eigenvalue weighted by atomic mass is 10.1. The zero-order valence-electron chi connectivity index (χ0n) is 19.7. The fourth-order valence-electron chi connectivity index (χ4n) is 3.60. The van der Waals surface area contributed by atoms with Gasteiger partial charge in [0.2, 0.25) is 0 Å². The summed E-state index contributed by atoms with van der Waals surface area (Å²) in [6, 6.07) is 19.3. The van der Waals surface area contributed by atoms with Crippen molar-refractivity contribution in [3.8, 4) is 17.6 Å². The SMILES string of the molecule is COc1cc(/C=C(\C#N)C(=O)Nc2cccc(C)c2C)ccc1OCc1cc(C)cc(C)c1. The Balaban J connectivity index is 1.78. The summed E-state index contributed by atoms with van der Waals surface area (Å²) in [4.78, 5) is 12.7. The summed E-state index contributed by atoms with van der Waals surface area (Å²) < 4.78 is 11.5. The molecule has 5 nitrogen and oxygen atoms in total. The second-order valence-corrected chi connectivity index (χ2v) is 8.07. The van der Waals surface area contributed by atoms with E-state index in [1.165, 1.54) is 17.2 Å². The Morgan fingerprint density at radius 1 is 1.00 bits per heavy atom. The van der Waals surface area contributed by atoms with E-state index in [1.54, 1.807) is 25.3 Å². The number of nitrogens with one attached hydrogen (secondary N) is 1. The van der Waals surface area contributed by atoms with Crippen LogP contribution in [0.25, 0.3) is 6.08 Å². The van der Waals surface area contributed by atoms with Gasteiger partial charge in [0.15, 0.2) is 11.5 Å². The Labute approximate surface area is 195 Å². The molecule has 0 aliphatic heterocycles. The van der Waals surface area contributed by atoms with Crippen LogP contribution in [-0.4, -0.2) is 13.0 Å². The number of methoxy groups -OCH3 is 1. The van der Waals surface area contributed by atoms with E-state index in [4.69, 9.17) is 9.47 Å². The summed E-state index contributed by atoms with van der Waals surface area (Å²) in [6.07, 6.45) is 1.54. The minimum atomic E-state index is -0.458. The number of nitrogens with zero attached hydrogens (tertiary/aromatic N) is 1. The zero-order chi connectivity index (χ0) is 24.0. The van der Waals surface area contributed by atoms with Crippen molar-refractivity contribution < 1.29 is 14.3 Å². The Kier molecular flexibility index (Phi) is 7.53. The van der Waals surface area contributed by atoms with E-state index in [1.807, 2.05) is 38.1 Å². The number of hydrogen-bond donors (Lipinski definition) is 1. The molecule has 168 valence electrons. The van der Waals surface area contributed by atoms with Gasteiger partial charge < -0.3 is 14.8 Å². The van der Waals surface area contributed by atoms with Crippen LogP contribution in [0.1, 0.15) is 33.4 Å². The number of benzene rings is 3. The van der Waals surface area contributed by atoms with E-state index in [-0.39, 0.29) is 5.57 Å². The monoisotopic (exact) mass is 440 g/mol. The lowest BCUT2D eigenvalue weighted by Crippen LogP contribution is -2.14. The molecule has 0 aliphatic carbocycles. The van der Waals surface area contributed by atoms with Gasteiger partial charge in [0.1, 0.15) is 18.2 Å². The molecule has 0 saturated heterocycles. The molecule has 3 rings (SSSR count). The third-order valence-electron chi connectivity index (χ3n) is 5.39. The van der Waals surface area contributed by atoms with Gasteiger partial charge in [-0.25, -0.2) is 0 Å². The van der Waals surface area contributed by atoms with Crippen molar-refractivity contribution in [1.29, 1.82) is 5.26 Å². The average molecular weight is 441 g/mol. The van der Waals surface area contributed by atoms with Crippen molar-refractivity contribution in [3.05, 3.63) is 93.6 Å². The second-order valence-electron chi connectivity index (χ2n) is 8.07. The first-order chi connectivity index (χ1) is 15.8. The number of aryl methyl sites for hydroxylation is 3. The second kappa shape index (κ2) is 10.5. The number of hydrogen-bond acceptors (Lipinski definition) is 4. The summed E-state index contributed by atoms with van der Waals surface area (Å²) in [5, 5.41) is 12.4. The molecule has 33 heavy (non-hydrogen) atoms. The van der Waals surface area contributed by atoms with Gasteiger partial charge >= 0.3 is 0 Å². The number of amides is 1. The van der Waals surface area contributed by atoms with Crippen LogP contribution in [0, 0.1) is 39.0 Å². The Bertz CT molecular complexity index is 1230. The number of anilines is 1. The van der Waals surface area contributed by atoms with Gasteiger partial charge in [0.05, 0.1) is 7.11 Å². The van der Waals surface area contributed by atoms with Gasteiger partial charge in [-0.05, 0) is 74.2 Å². The minimum absolute atomic E-state index is 0.00173. The van der Waals surface area contributed by atoms with Crippen LogP contribution in [0.4, 0.5) is 5.69 Å². The Morgan fingerprint density at radius 2 is 1.73 bits per heavy atom. The molecular weight excluding hydrogens is 412 g/mol. The first-order valence-electron chi connectivity index (χ1n) is 10.7. The van der Waals surface area contributed by atoms with E-state index >= 15 is 0 Å². The topological polar surface area (TPSA) is 71.3 Å². The third-order valence-corrected chi connectivity index (χ3v) is 5.39. The average Bonchev–Trinajstić information content (AvgIpc) is 2.78. The van der Waals surface area contributed by atoms with E-state index in [9.17, 15) is 10.1 Å². The predicted octanol–water partition coefficient (Wildman–Crippen LogP) is 6.05. The number of ether oxygens (including phenoxy) is 2. The largest absolute Gasteiger partial charge is 0.493 e. The summed E-state index contributed by atoms with van der Waals surface area (Å²) in [6.45, 7) is 8.43. The van der Waals surface area contributed by atoms with E-state index in [0.717, 1.165) is 16.7 Å². The predicted molar refractivity (Wildman–Crippen MR) is 131 cm³/mol.